The van der Waals surface area contributed by atoms with E-state index in [0.29, 0.717) is 25.5 Å². The van der Waals surface area contributed by atoms with E-state index >= 15 is 0 Å². The standard InChI is InChI=1S/C23H31N3O3S.C22H29N3O2/c1-23(2,3)19-13-11-18(12-14-19)22-25(4)16-21(27)26(22)15-20(24-30(5,28)29)17-9-7-6-8-10-17;1-22(2,3)18-9-7-17(8-10-18)21-24(4)15-20(26)25(21)13-12-16-6-11-19(27-5)23-14-16/h6-14,20,22,24H,15-16H2,1-5H3;6-11,14,21H,12-13,15H2,1-5H3. The normalized spacial score (nSPS) is 18.8. The number of carbonyl (C=O) groups excluding carboxylic acids is 2. The predicted octanol–water partition coefficient (Wildman–Crippen LogP) is 6.45. The van der Waals surface area contributed by atoms with Gasteiger partial charge in [-0.1, -0.05) is 126 Å². The molecule has 1 N–H and O–H groups in total. The number of rotatable bonds is 11. The molecule has 3 atom stereocenters. The lowest BCUT2D eigenvalue weighted by Gasteiger charge is -2.32. The first kappa shape index (κ1) is 43.5. The number of benzene rings is 3. The van der Waals surface area contributed by atoms with Crippen LogP contribution in [0.4, 0.5) is 0 Å². The fourth-order valence-corrected chi connectivity index (χ4v) is 8.17. The summed E-state index contributed by atoms with van der Waals surface area (Å²) >= 11 is 0. The first-order valence-electron chi connectivity index (χ1n) is 19.5. The number of hydrogen-bond donors (Lipinski definition) is 1. The zero-order chi connectivity index (χ0) is 41.7. The smallest absolute Gasteiger partial charge is 0.238 e. The lowest BCUT2D eigenvalue weighted by molar-refractivity contribution is -0.129. The van der Waals surface area contributed by atoms with Crippen LogP contribution in [0.3, 0.4) is 0 Å². The van der Waals surface area contributed by atoms with E-state index in [2.05, 4.69) is 105 Å². The Balaban J connectivity index is 0.000000219. The first-order valence-corrected chi connectivity index (χ1v) is 21.4. The molecule has 57 heavy (non-hydrogen) atoms. The highest BCUT2D eigenvalue weighted by Gasteiger charge is 2.39. The molecule has 0 aliphatic carbocycles. The van der Waals surface area contributed by atoms with Gasteiger partial charge in [-0.05, 0) is 64.7 Å². The molecule has 3 heterocycles. The maximum Gasteiger partial charge on any atom is 0.238 e. The van der Waals surface area contributed by atoms with Crippen LogP contribution >= 0.6 is 0 Å². The topological polar surface area (TPSA) is 115 Å². The summed E-state index contributed by atoms with van der Waals surface area (Å²) in [5.41, 5.74) is 6.79. The van der Waals surface area contributed by atoms with E-state index in [4.69, 9.17) is 4.74 Å². The monoisotopic (exact) mass is 796 g/mol. The zero-order valence-electron chi connectivity index (χ0n) is 35.2. The summed E-state index contributed by atoms with van der Waals surface area (Å²) in [5.74, 6) is 0.759. The second kappa shape index (κ2) is 17.9. The summed E-state index contributed by atoms with van der Waals surface area (Å²) in [6, 6.07) is 29.7. The van der Waals surface area contributed by atoms with Crippen LogP contribution < -0.4 is 9.46 Å². The molecule has 3 aromatic carbocycles. The van der Waals surface area contributed by atoms with Crippen molar-refractivity contribution < 1.29 is 22.7 Å². The van der Waals surface area contributed by atoms with Gasteiger partial charge in [0.1, 0.15) is 12.3 Å². The lowest BCUT2D eigenvalue weighted by Crippen LogP contribution is -2.40. The molecule has 0 saturated carbocycles. The minimum Gasteiger partial charge on any atom is -0.481 e. The molecule has 3 unspecified atom stereocenters. The van der Waals surface area contributed by atoms with Crippen LogP contribution in [-0.4, -0.2) is 98.5 Å². The fourth-order valence-electron chi connectivity index (χ4n) is 7.44. The van der Waals surface area contributed by atoms with Crippen molar-refractivity contribution in [1.29, 1.82) is 0 Å². The largest absolute Gasteiger partial charge is 0.481 e. The van der Waals surface area contributed by atoms with Gasteiger partial charge in [-0.15, -0.1) is 0 Å². The fraction of sp³-hybridized carbons (Fsp3) is 0.444. The number of amides is 2. The van der Waals surface area contributed by atoms with E-state index in [1.165, 1.54) is 11.1 Å². The number of aromatic nitrogens is 1. The number of sulfonamides is 1. The van der Waals surface area contributed by atoms with Crippen LogP contribution in [0.5, 0.6) is 5.88 Å². The molecule has 12 heteroatoms. The number of carbonyl (C=O) groups is 2. The number of methoxy groups -OCH3 is 1. The van der Waals surface area contributed by atoms with Crippen molar-refractivity contribution in [2.24, 2.45) is 0 Å². The van der Waals surface area contributed by atoms with E-state index in [9.17, 15) is 18.0 Å². The van der Waals surface area contributed by atoms with Gasteiger partial charge in [0.25, 0.3) is 0 Å². The Morgan fingerprint density at radius 1 is 0.737 bits per heavy atom. The maximum atomic E-state index is 12.8. The molecule has 2 aliphatic heterocycles. The van der Waals surface area contributed by atoms with E-state index < -0.39 is 16.1 Å². The zero-order valence-corrected chi connectivity index (χ0v) is 36.0. The van der Waals surface area contributed by atoms with E-state index in [1.807, 2.05) is 72.6 Å². The lowest BCUT2D eigenvalue weighted by atomic mass is 9.86. The summed E-state index contributed by atoms with van der Waals surface area (Å²) in [4.78, 5) is 37.5. The van der Waals surface area contributed by atoms with Gasteiger partial charge in [-0.2, -0.15) is 0 Å². The van der Waals surface area contributed by atoms with Crippen molar-refractivity contribution in [1.82, 2.24) is 29.3 Å². The van der Waals surface area contributed by atoms with Crippen molar-refractivity contribution in [3.63, 3.8) is 0 Å². The Hall–Kier alpha value is -4.62. The van der Waals surface area contributed by atoms with Crippen LogP contribution in [0, 0.1) is 0 Å². The number of likely N-dealkylation sites (N-methyl/N-ethyl adjacent to an activating group) is 2. The van der Waals surface area contributed by atoms with E-state index in [-0.39, 0.29) is 41.5 Å². The maximum absolute atomic E-state index is 12.8. The average molecular weight is 797 g/mol. The van der Waals surface area contributed by atoms with Crippen LogP contribution in [0.1, 0.15) is 93.3 Å². The third-order valence-electron chi connectivity index (χ3n) is 10.6. The number of ether oxygens (including phenoxy) is 1. The Kier molecular flexibility index (Phi) is 13.7. The van der Waals surface area contributed by atoms with Gasteiger partial charge in [0, 0.05) is 25.4 Å². The molecule has 4 aromatic rings. The van der Waals surface area contributed by atoms with Crippen LogP contribution in [-0.2, 0) is 36.9 Å². The van der Waals surface area contributed by atoms with Gasteiger partial charge in [0.2, 0.25) is 27.7 Å². The number of pyridine rings is 1. The quantitative estimate of drug-likeness (QED) is 0.184. The second-order valence-corrected chi connectivity index (χ2v) is 19.0. The van der Waals surface area contributed by atoms with Gasteiger partial charge in [0.05, 0.1) is 32.5 Å². The van der Waals surface area contributed by atoms with Gasteiger partial charge in [0.15, 0.2) is 0 Å². The minimum absolute atomic E-state index is 0.0152. The van der Waals surface area contributed by atoms with Crippen molar-refractivity contribution in [2.75, 3.05) is 53.6 Å². The highest BCUT2D eigenvalue weighted by molar-refractivity contribution is 7.88. The average Bonchev–Trinajstić information content (AvgIpc) is 3.60. The van der Waals surface area contributed by atoms with E-state index in [0.717, 1.165) is 34.9 Å². The molecule has 6 rings (SSSR count). The summed E-state index contributed by atoms with van der Waals surface area (Å²) in [5, 5.41) is 0. The molecule has 2 amide bonds. The van der Waals surface area contributed by atoms with E-state index in [1.54, 1.807) is 12.0 Å². The molecule has 2 fully saturated rings. The van der Waals surface area contributed by atoms with Crippen molar-refractivity contribution in [3.05, 3.63) is 131 Å². The third-order valence-corrected chi connectivity index (χ3v) is 11.3. The molecule has 2 saturated heterocycles. The van der Waals surface area contributed by atoms with Gasteiger partial charge in [-0.3, -0.25) is 19.4 Å². The van der Waals surface area contributed by atoms with Crippen molar-refractivity contribution >= 4 is 21.8 Å². The summed E-state index contributed by atoms with van der Waals surface area (Å²) in [7, 11) is 2.09. The number of nitrogens with one attached hydrogen (secondary N) is 1. The highest BCUT2D eigenvalue weighted by atomic mass is 32.2. The molecule has 0 bridgehead atoms. The highest BCUT2D eigenvalue weighted by Crippen LogP contribution is 2.34. The molecule has 306 valence electrons. The molecule has 11 nitrogen and oxygen atoms in total. The van der Waals surface area contributed by atoms with Crippen LogP contribution in [0.15, 0.2) is 97.2 Å². The Bertz CT molecular complexity index is 2060. The van der Waals surface area contributed by atoms with Gasteiger partial charge >= 0.3 is 0 Å². The molecular formula is C45H60N6O5S. The van der Waals surface area contributed by atoms with Crippen LogP contribution in [0.2, 0.25) is 0 Å². The number of hydrogen-bond acceptors (Lipinski definition) is 8. The molecular weight excluding hydrogens is 737 g/mol. The van der Waals surface area contributed by atoms with Crippen LogP contribution in [0.25, 0.3) is 0 Å². The first-order chi connectivity index (χ1) is 26.7. The Morgan fingerprint density at radius 2 is 1.23 bits per heavy atom. The number of nitrogens with zero attached hydrogens (tertiary/aromatic N) is 5. The molecule has 2 aliphatic rings. The predicted molar refractivity (Wildman–Crippen MR) is 226 cm³/mol. The summed E-state index contributed by atoms with van der Waals surface area (Å²) in [6.07, 6.45) is 3.48. The Morgan fingerprint density at radius 3 is 1.67 bits per heavy atom. The van der Waals surface area contributed by atoms with Gasteiger partial charge < -0.3 is 14.5 Å². The summed E-state index contributed by atoms with van der Waals surface area (Å²) in [6.45, 7) is 14.8. The van der Waals surface area contributed by atoms with Crippen molar-refractivity contribution in [2.45, 2.75) is 77.2 Å². The third kappa shape index (κ3) is 11.3. The Labute approximate surface area is 340 Å². The molecule has 1 aromatic heterocycles. The SMILES string of the molecule is CN1CC(=O)N(CC(NS(C)(=O)=O)c2ccccc2)C1c1ccc(C(C)(C)C)cc1.COc1ccc(CCN2C(=O)CN(C)C2c2ccc(C(C)(C)C)cc2)cn1. The van der Waals surface area contributed by atoms with Gasteiger partial charge in [-0.25, -0.2) is 18.1 Å². The minimum atomic E-state index is -3.45. The molecule has 0 radical (unpaired) electrons. The molecule has 0 spiro atoms. The van der Waals surface area contributed by atoms with Crippen molar-refractivity contribution in [3.8, 4) is 5.88 Å². The second-order valence-electron chi connectivity index (χ2n) is 17.3. The summed E-state index contributed by atoms with van der Waals surface area (Å²) < 4.78 is 31.8.